The highest BCUT2D eigenvalue weighted by Gasteiger charge is 2.21. The SMILES string of the molecule is CN(CC(C)(C)C)c1cc(NN)nc(C(C)(C)C)n1. The zero-order chi connectivity index (χ0) is 14.8. The van der Waals surface area contributed by atoms with Crippen LogP contribution in [0.25, 0.3) is 0 Å². The number of hydrogen-bond acceptors (Lipinski definition) is 5. The molecule has 0 fully saturated rings. The molecule has 5 nitrogen and oxygen atoms in total. The van der Waals surface area contributed by atoms with Gasteiger partial charge in [-0.3, -0.25) is 0 Å². The van der Waals surface area contributed by atoms with Crippen LogP contribution in [-0.2, 0) is 5.41 Å². The fourth-order valence-corrected chi connectivity index (χ4v) is 1.83. The lowest BCUT2D eigenvalue weighted by molar-refractivity contribution is 0.417. The quantitative estimate of drug-likeness (QED) is 0.649. The molecule has 108 valence electrons. The molecule has 0 unspecified atom stereocenters. The average Bonchev–Trinajstić information content (AvgIpc) is 2.25. The largest absolute Gasteiger partial charge is 0.359 e. The molecule has 0 radical (unpaired) electrons. The predicted molar refractivity (Wildman–Crippen MR) is 81.3 cm³/mol. The van der Waals surface area contributed by atoms with E-state index in [1.807, 2.05) is 13.1 Å². The number of nitrogens with two attached hydrogens (primary N) is 1. The zero-order valence-corrected chi connectivity index (χ0v) is 13.2. The normalized spacial score (nSPS) is 12.4. The Morgan fingerprint density at radius 1 is 1.16 bits per heavy atom. The molecule has 0 spiro atoms. The topological polar surface area (TPSA) is 67.1 Å². The average molecular weight is 265 g/mol. The number of nitrogen functional groups attached to an aromatic ring is 1. The van der Waals surface area contributed by atoms with Crippen LogP contribution in [0, 0.1) is 5.41 Å². The van der Waals surface area contributed by atoms with Crippen molar-refractivity contribution in [1.29, 1.82) is 0 Å². The van der Waals surface area contributed by atoms with Crippen molar-refractivity contribution in [2.75, 3.05) is 23.9 Å². The Morgan fingerprint density at radius 2 is 1.74 bits per heavy atom. The van der Waals surface area contributed by atoms with Crippen molar-refractivity contribution < 1.29 is 0 Å². The predicted octanol–water partition coefficient (Wildman–Crippen LogP) is 2.54. The van der Waals surface area contributed by atoms with Crippen LogP contribution >= 0.6 is 0 Å². The van der Waals surface area contributed by atoms with Gasteiger partial charge in [-0.15, -0.1) is 0 Å². The van der Waals surface area contributed by atoms with E-state index in [9.17, 15) is 0 Å². The van der Waals surface area contributed by atoms with Crippen LogP contribution in [-0.4, -0.2) is 23.6 Å². The maximum Gasteiger partial charge on any atom is 0.145 e. The van der Waals surface area contributed by atoms with E-state index in [0.717, 1.165) is 18.2 Å². The summed E-state index contributed by atoms with van der Waals surface area (Å²) in [5.74, 6) is 7.83. The van der Waals surface area contributed by atoms with E-state index in [1.165, 1.54) is 0 Å². The van der Waals surface area contributed by atoms with E-state index in [4.69, 9.17) is 5.84 Å². The summed E-state index contributed by atoms with van der Waals surface area (Å²) in [6.07, 6.45) is 0. The second-order valence-electron chi connectivity index (χ2n) is 7.25. The monoisotopic (exact) mass is 265 g/mol. The molecule has 3 N–H and O–H groups in total. The standard InChI is InChI=1S/C14H27N5/c1-13(2,3)9-19(7)11-8-10(18-15)16-12(17-11)14(4,5)6/h8H,9,15H2,1-7H3,(H,16,17,18). The lowest BCUT2D eigenvalue weighted by atomic mass is 9.95. The maximum absolute atomic E-state index is 5.50. The molecule has 1 aromatic heterocycles. The first-order chi connectivity index (χ1) is 8.53. The summed E-state index contributed by atoms with van der Waals surface area (Å²) in [5, 5.41) is 0. The highest BCUT2D eigenvalue weighted by molar-refractivity contribution is 5.49. The molecule has 0 aliphatic heterocycles. The Balaban J connectivity index is 3.13. The minimum absolute atomic E-state index is 0.107. The van der Waals surface area contributed by atoms with Crippen LogP contribution < -0.4 is 16.2 Å². The van der Waals surface area contributed by atoms with Gasteiger partial charge in [-0.05, 0) is 5.41 Å². The molecule has 0 amide bonds. The first kappa shape index (κ1) is 15.7. The summed E-state index contributed by atoms with van der Waals surface area (Å²) in [7, 11) is 2.04. The minimum atomic E-state index is -0.107. The van der Waals surface area contributed by atoms with Gasteiger partial charge in [0.1, 0.15) is 17.5 Å². The van der Waals surface area contributed by atoms with Gasteiger partial charge >= 0.3 is 0 Å². The van der Waals surface area contributed by atoms with Crippen molar-refractivity contribution >= 4 is 11.6 Å². The maximum atomic E-state index is 5.50. The van der Waals surface area contributed by atoms with Gasteiger partial charge in [0, 0.05) is 25.1 Å². The Labute approximate surface area is 116 Å². The summed E-state index contributed by atoms with van der Waals surface area (Å²) >= 11 is 0. The molecule has 19 heavy (non-hydrogen) atoms. The molecule has 1 rings (SSSR count). The van der Waals surface area contributed by atoms with E-state index >= 15 is 0 Å². The van der Waals surface area contributed by atoms with Gasteiger partial charge in [0.05, 0.1) is 0 Å². The Bertz CT molecular complexity index is 428. The van der Waals surface area contributed by atoms with Gasteiger partial charge in [0.15, 0.2) is 0 Å². The van der Waals surface area contributed by atoms with Crippen molar-refractivity contribution in [3.63, 3.8) is 0 Å². The van der Waals surface area contributed by atoms with Gasteiger partial charge in [-0.2, -0.15) is 0 Å². The van der Waals surface area contributed by atoms with Crippen molar-refractivity contribution in [1.82, 2.24) is 9.97 Å². The Hall–Kier alpha value is -1.36. The first-order valence-corrected chi connectivity index (χ1v) is 6.60. The number of nitrogens with one attached hydrogen (secondary N) is 1. The third kappa shape index (κ3) is 4.67. The van der Waals surface area contributed by atoms with Crippen LogP contribution in [0.2, 0.25) is 0 Å². The third-order valence-electron chi connectivity index (χ3n) is 2.63. The Morgan fingerprint density at radius 3 is 2.16 bits per heavy atom. The molecule has 0 aliphatic rings. The Kier molecular flexibility index (Phi) is 4.40. The highest BCUT2D eigenvalue weighted by Crippen LogP contribution is 2.25. The van der Waals surface area contributed by atoms with Crippen molar-refractivity contribution in [2.24, 2.45) is 11.3 Å². The van der Waals surface area contributed by atoms with Crippen LogP contribution in [0.3, 0.4) is 0 Å². The molecule has 0 saturated carbocycles. The number of nitrogens with zero attached hydrogens (tertiary/aromatic N) is 3. The van der Waals surface area contributed by atoms with Gasteiger partial charge in [-0.1, -0.05) is 41.5 Å². The van der Waals surface area contributed by atoms with Crippen LogP contribution in [0.15, 0.2) is 6.07 Å². The number of aromatic nitrogens is 2. The molecular weight excluding hydrogens is 238 g/mol. The number of hydrazine groups is 1. The molecule has 0 bridgehead atoms. The fourth-order valence-electron chi connectivity index (χ4n) is 1.83. The molecule has 1 heterocycles. The van der Waals surface area contributed by atoms with Crippen LogP contribution in [0.4, 0.5) is 11.6 Å². The van der Waals surface area contributed by atoms with Gasteiger partial charge in [0.25, 0.3) is 0 Å². The molecule has 1 aromatic rings. The summed E-state index contributed by atoms with van der Waals surface area (Å²) < 4.78 is 0. The van der Waals surface area contributed by atoms with E-state index < -0.39 is 0 Å². The van der Waals surface area contributed by atoms with E-state index in [-0.39, 0.29) is 10.8 Å². The van der Waals surface area contributed by atoms with E-state index in [1.54, 1.807) is 0 Å². The molecule has 0 aliphatic carbocycles. The summed E-state index contributed by atoms with van der Waals surface area (Å²) in [6.45, 7) is 13.8. The second kappa shape index (κ2) is 5.33. The summed E-state index contributed by atoms with van der Waals surface area (Å²) in [6, 6.07) is 1.88. The lowest BCUT2D eigenvalue weighted by Gasteiger charge is -2.28. The molecule has 0 atom stereocenters. The van der Waals surface area contributed by atoms with Gasteiger partial charge in [0.2, 0.25) is 0 Å². The second-order valence-corrected chi connectivity index (χ2v) is 7.25. The van der Waals surface area contributed by atoms with Crippen molar-refractivity contribution in [3.8, 4) is 0 Å². The van der Waals surface area contributed by atoms with Crippen LogP contribution in [0.1, 0.15) is 47.4 Å². The summed E-state index contributed by atoms with van der Waals surface area (Å²) in [4.78, 5) is 11.2. The molecule has 0 aromatic carbocycles. The summed E-state index contributed by atoms with van der Waals surface area (Å²) in [5.41, 5.74) is 2.72. The number of hydrogen-bond donors (Lipinski definition) is 2. The number of anilines is 2. The minimum Gasteiger partial charge on any atom is -0.359 e. The third-order valence-corrected chi connectivity index (χ3v) is 2.63. The number of rotatable bonds is 3. The van der Waals surface area contributed by atoms with Crippen molar-refractivity contribution in [3.05, 3.63) is 11.9 Å². The highest BCUT2D eigenvalue weighted by atomic mass is 15.3. The van der Waals surface area contributed by atoms with E-state index in [2.05, 4.69) is 61.8 Å². The van der Waals surface area contributed by atoms with E-state index in [0.29, 0.717) is 5.82 Å². The molecular formula is C14H27N5. The van der Waals surface area contributed by atoms with Crippen LogP contribution in [0.5, 0.6) is 0 Å². The molecule has 5 heteroatoms. The lowest BCUT2D eigenvalue weighted by Crippen LogP contribution is -2.31. The zero-order valence-electron chi connectivity index (χ0n) is 13.2. The molecule has 0 saturated heterocycles. The fraction of sp³-hybridized carbons (Fsp3) is 0.714. The first-order valence-electron chi connectivity index (χ1n) is 6.60. The van der Waals surface area contributed by atoms with Gasteiger partial charge < -0.3 is 10.3 Å². The smallest absolute Gasteiger partial charge is 0.145 e. The van der Waals surface area contributed by atoms with Crippen molar-refractivity contribution in [2.45, 2.75) is 47.0 Å². The van der Waals surface area contributed by atoms with Gasteiger partial charge in [-0.25, -0.2) is 15.8 Å².